The van der Waals surface area contributed by atoms with Gasteiger partial charge in [0.05, 0.1) is 4.90 Å². The van der Waals surface area contributed by atoms with Crippen molar-refractivity contribution in [1.82, 2.24) is 4.72 Å². The third-order valence-corrected chi connectivity index (χ3v) is 9.80. The van der Waals surface area contributed by atoms with Crippen molar-refractivity contribution in [3.8, 4) is 0 Å². The Bertz CT molecular complexity index is 931. The summed E-state index contributed by atoms with van der Waals surface area (Å²) in [6.07, 6.45) is 8.75. The number of carbonyl (C=O) groups excluding carboxylic acids is 1. The first kappa shape index (κ1) is 19.1. The topological polar surface area (TPSA) is 66.5 Å². The Labute approximate surface area is 175 Å². The fourth-order valence-electron chi connectivity index (χ4n) is 6.88. The number of anilines is 1. The number of rotatable bonds is 4. The minimum Gasteiger partial charge on any atom is -0.312 e. The van der Waals surface area contributed by atoms with Crippen LogP contribution < -0.4 is 9.62 Å². The molecular formula is C21H27BrN2O3S. The molecule has 0 radical (unpaired) electrons. The van der Waals surface area contributed by atoms with Crippen LogP contribution in [-0.2, 0) is 21.2 Å². The van der Waals surface area contributed by atoms with Crippen molar-refractivity contribution >= 4 is 37.5 Å². The number of sulfonamides is 1. The van der Waals surface area contributed by atoms with Gasteiger partial charge in [0.15, 0.2) is 0 Å². The van der Waals surface area contributed by atoms with Crippen LogP contribution in [0.25, 0.3) is 0 Å². The van der Waals surface area contributed by atoms with Gasteiger partial charge < -0.3 is 4.90 Å². The summed E-state index contributed by atoms with van der Waals surface area (Å²) in [5, 5.41) is 0. The van der Waals surface area contributed by atoms with Gasteiger partial charge in [0.1, 0.15) is 0 Å². The lowest BCUT2D eigenvalue weighted by Gasteiger charge is -2.60. The molecule has 5 nitrogen and oxygen atoms in total. The van der Waals surface area contributed by atoms with Gasteiger partial charge in [0.2, 0.25) is 15.9 Å². The molecule has 1 aromatic rings. The molecule has 28 heavy (non-hydrogen) atoms. The number of nitrogens with one attached hydrogen (secondary N) is 1. The van der Waals surface area contributed by atoms with E-state index in [1.165, 1.54) is 39.2 Å². The summed E-state index contributed by atoms with van der Waals surface area (Å²) in [4.78, 5) is 15.5. The quantitative estimate of drug-likeness (QED) is 0.689. The van der Waals surface area contributed by atoms with Gasteiger partial charge in [-0.25, -0.2) is 13.1 Å². The molecule has 0 aromatic heterocycles. The number of amides is 1. The average molecular weight is 467 g/mol. The molecule has 1 aromatic carbocycles. The van der Waals surface area contributed by atoms with Crippen molar-refractivity contribution in [2.45, 2.75) is 60.6 Å². The lowest BCUT2D eigenvalue weighted by Crippen LogP contribution is -2.54. The standard InChI is InChI=1S/C21H27BrN2O3S/c1-23-28(26,27)17-2-3-18-16(7-17)4-5-24(18)19(25)12-20-8-14-6-15(9-20)11-21(22,10-14)13-20/h2-3,7,14-15,23H,4-6,8-13H2,1H3. The van der Waals surface area contributed by atoms with Crippen molar-refractivity contribution in [1.29, 1.82) is 0 Å². The van der Waals surface area contributed by atoms with E-state index >= 15 is 0 Å². The van der Waals surface area contributed by atoms with E-state index in [0.717, 1.165) is 35.9 Å². The van der Waals surface area contributed by atoms with Crippen LogP contribution in [0.15, 0.2) is 23.1 Å². The molecule has 2 atom stereocenters. The molecule has 5 aliphatic rings. The molecule has 7 heteroatoms. The van der Waals surface area contributed by atoms with Crippen LogP contribution in [0.3, 0.4) is 0 Å². The van der Waals surface area contributed by atoms with Gasteiger partial charge in [-0.1, -0.05) is 15.9 Å². The molecule has 1 amide bonds. The number of fused-ring (bicyclic) bond motifs is 1. The minimum absolute atomic E-state index is 0.156. The van der Waals surface area contributed by atoms with Gasteiger partial charge in [-0.05, 0) is 93.0 Å². The molecule has 4 fully saturated rings. The van der Waals surface area contributed by atoms with Crippen LogP contribution in [0.1, 0.15) is 50.5 Å². The number of nitrogens with zero attached hydrogens (tertiary/aromatic N) is 1. The van der Waals surface area contributed by atoms with Gasteiger partial charge >= 0.3 is 0 Å². The molecule has 4 saturated carbocycles. The summed E-state index contributed by atoms with van der Waals surface area (Å²) in [6, 6.07) is 5.12. The van der Waals surface area contributed by atoms with E-state index in [2.05, 4.69) is 20.7 Å². The second-order valence-electron chi connectivity index (χ2n) is 9.58. The van der Waals surface area contributed by atoms with E-state index in [0.29, 0.717) is 13.0 Å². The second kappa shape index (κ2) is 6.29. The smallest absolute Gasteiger partial charge is 0.240 e. The maximum absolute atomic E-state index is 13.3. The fraction of sp³-hybridized carbons (Fsp3) is 0.667. The van der Waals surface area contributed by atoms with Crippen LogP contribution in [-0.4, -0.2) is 32.2 Å². The van der Waals surface area contributed by atoms with E-state index in [-0.39, 0.29) is 20.5 Å². The van der Waals surface area contributed by atoms with Crippen molar-refractivity contribution in [3.63, 3.8) is 0 Å². The Hall–Kier alpha value is -0.920. The van der Waals surface area contributed by atoms with Crippen molar-refractivity contribution in [2.24, 2.45) is 17.3 Å². The summed E-state index contributed by atoms with van der Waals surface area (Å²) in [5.74, 6) is 1.75. The molecule has 4 aliphatic carbocycles. The zero-order chi connectivity index (χ0) is 19.7. The molecule has 4 bridgehead atoms. The molecule has 0 spiro atoms. The zero-order valence-corrected chi connectivity index (χ0v) is 18.6. The van der Waals surface area contributed by atoms with Crippen molar-refractivity contribution in [2.75, 3.05) is 18.5 Å². The normalized spacial score (nSPS) is 36.0. The van der Waals surface area contributed by atoms with Crippen molar-refractivity contribution in [3.05, 3.63) is 23.8 Å². The number of benzene rings is 1. The van der Waals surface area contributed by atoms with Gasteiger partial charge in [0.25, 0.3) is 0 Å². The third kappa shape index (κ3) is 3.05. The first-order chi connectivity index (χ1) is 13.2. The Morgan fingerprint density at radius 1 is 1.25 bits per heavy atom. The van der Waals surface area contributed by atoms with Crippen LogP contribution >= 0.6 is 15.9 Å². The number of carbonyl (C=O) groups is 1. The van der Waals surface area contributed by atoms with E-state index in [1.807, 2.05) is 4.90 Å². The predicted molar refractivity (Wildman–Crippen MR) is 112 cm³/mol. The highest BCUT2D eigenvalue weighted by molar-refractivity contribution is 9.10. The molecule has 1 heterocycles. The minimum atomic E-state index is -3.46. The predicted octanol–water partition coefficient (Wildman–Crippen LogP) is 3.61. The van der Waals surface area contributed by atoms with Crippen LogP contribution in [0, 0.1) is 17.3 Å². The molecule has 152 valence electrons. The molecule has 1 aliphatic heterocycles. The SMILES string of the molecule is CNS(=O)(=O)c1ccc2c(c1)CCN2C(=O)CC12CC3CC(CC(Br)(C3)C1)C2. The molecule has 0 saturated heterocycles. The van der Waals surface area contributed by atoms with Crippen LogP contribution in [0.2, 0.25) is 0 Å². The Morgan fingerprint density at radius 2 is 1.96 bits per heavy atom. The average Bonchev–Trinajstić information content (AvgIpc) is 3.02. The first-order valence-corrected chi connectivity index (χ1v) is 12.5. The highest BCUT2D eigenvalue weighted by atomic mass is 79.9. The lowest BCUT2D eigenvalue weighted by atomic mass is 9.48. The van der Waals surface area contributed by atoms with E-state index < -0.39 is 10.0 Å². The van der Waals surface area contributed by atoms with Crippen LogP contribution in [0.5, 0.6) is 0 Å². The molecule has 1 N–H and O–H groups in total. The number of alkyl halides is 1. The zero-order valence-electron chi connectivity index (χ0n) is 16.2. The third-order valence-electron chi connectivity index (χ3n) is 7.46. The maximum atomic E-state index is 13.3. The summed E-state index contributed by atoms with van der Waals surface area (Å²) in [7, 11) is -2.04. The first-order valence-electron chi connectivity index (χ1n) is 10.3. The maximum Gasteiger partial charge on any atom is 0.240 e. The van der Waals surface area contributed by atoms with E-state index in [4.69, 9.17) is 0 Å². The summed E-state index contributed by atoms with van der Waals surface area (Å²) in [5.41, 5.74) is 1.99. The van der Waals surface area contributed by atoms with E-state index in [1.54, 1.807) is 18.2 Å². The Kier molecular flexibility index (Phi) is 4.28. The number of hydrogen-bond acceptors (Lipinski definition) is 3. The molecule has 6 rings (SSSR count). The van der Waals surface area contributed by atoms with Crippen LogP contribution in [0.4, 0.5) is 5.69 Å². The highest BCUT2D eigenvalue weighted by Gasteiger charge is 2.57. The molecule has 2 unspecified atom stereocenters. The van der Waals surface area contributed by atoms with Gasteiger partial charge in [0, 0.05) is 23.0 Å². The van der Waals surface area contributed by atoms with Gasteiger partial charge in [-0.2, -0.15) is 0 Å². The highest BCUT2D eigenvalue weighted by Crippen LogP contribution is 2.65. The lowest BCUT2D eigenvalue weighted by molar-refractivity contribution is -0.125. The Morgan fingerprint density at radius 3 is 2.61 bits per heavy atom. The Balaban J connectivity index is 1.37. The van der Waals surface area contributed by atoms with Gasteiger partial charge in [-0.3, -0.25) is 4.79 Å². The van der Waals surface area contributed by atoms with E-state index in [9.17, 15) is 13.2 Å². The summed E-state index contributed by atoms with van der Waals surface area (Å²) in [6.45, 7) is 0.652. The largest absolute Gasteiger partial charge is 0.312 e. The fourth-order valence-corrected chi connectivity index (χ4v) is 9.17. The summed E-state index contributed by atoms with van der Waals surface area (Å²) >= 11 is 4.04. The second-order valence-corrected chi connectivity index (χ2v) is 13.2. The molecular weight excluding hydrogens is 440 g/mol. The number of hydrogen-bond donors (Lipinski definition) is 1. The van der Waals surface area contributed by atoms with Crippen molar-refractivity contribution < 1.29 is 13.2 Å². The van der Waals surface area contributed by atoms with Gasteiger partial charge in [-0.15, -0.1) is 0 Å². The summed E-state index contributed by atoms with van der Waals surface area (Å²) < 4.78 is 26.8. The monoisotopic (exact) mass is 466 g/mol. The number of halogens is 1.